The number of halogens is 1. The first-order valence-electron chi connectivity index (χ1n) is 11.1. The van der Waals surface area contributed by atoms with E-state index in [4.69, 9.17) is 16.6 Å². The van der Waals surface area contributed by atoms with Crippen LogP contribution in [0.3, 0.4) is 0 Å². The maximum atomic E-state index is 6.36. The van der Waals surface area contributed by atoms with Crippen LogP contribution in [0.15, 0.2) is 24.7 Å². The summed E-state index contributed by atoms with van der Waals surface area (Å²) in [6.45, 7) is 7.75. The van der Waals surface area contributed by atoms with Gasteiger partial charge >= 0.3 is 0 Å². The van der Waals surface area contributed by atoms with Crippen molar-refractivity contribution >= 4 is 34.1 Å². The molecule has 3 atom stereocenters. The maximum absolute atomic E-state index is 6.36. The molecule has 1 aliphatic carbocycles. The molecular formula is C23H27ClN6. The van der Waals surface area contributed by atoms with Crippen molar-refractivity contribution in [2.45, 2.75) is 45.7 Å². The van der Waals surface area contributed by atoms with Crippen LogP contribution in [0.1, 0.15) is 37.9 Å². The van der Waals surface area contributed by atoms with Crippen molar-refractivity contribution in [3.63, 3.8) is 0 Å². The first-order chi connectivity index (χ1) is 14.6. The SMILES string of the molecule is CC1C2CCC1CN(c1ncnc3c1CN(c1cc(Cl)nc4[nH]ccc14)[C@H](C)C3)C2. The number of rotatable bonds is 2. The fraction of sp³-hybridized carbons (Fsp3) is 0.522. The molecular weight excluding hydrogens is 396 g/mol. The third-order valence-electron chi connectivity index (χ3n) is 7.75. The molecule has 2 unspecified atom stereocenters. The second-order valence-electron chi connectivity index (χ2n) is 9.37. The molecule has 0 amide bonds. The van der Waals surface area contributed by atoms with E-state index in [1.54, 1.807) is 6.33 Å². The van der Waals surface area contributed by atoms with Gasteiger partial charge in [0.05, 0.1) is 11.4 Å². The van der Waals surface area contributed by atoms with Gasteiger partial charge in [-0.3, -0.25) is 0 Å². The van der Waals surface area contributed by atoms with Crippen molar-refractivity contribution in [3.8, 4) is 0 Å². The molecule has 7 heteroatoms. The molecule has 2 bridgehead atoms. The average Bonchev–Trinajstić information content (AvgIpc) is 3.26. The summed E-state index contributed by atoms with van der Waals surface area (Å²) in [5.41, 5.74) is 4.44. The third-order valence-corrected chi connectivity index (χ3v) is 7.94. The lowest BCUT2D eigenvalue weighted by atomic mass is 9.86. The van der Waals surface area contributed by atoms with Crippen molar-refractivity contribution in [3.05, 3.63) is 41.1 Å². The molecule has 3 aliphatic rings. The Kier molecular flexibility index (Phi) is 4.20. The van der Waals surface area contributed by atoms with Gasteiger partial charge in [-0.1, -0.05) is 18.5 Å². The van der Waals surface area contributed by atoms with Crippen LogP contribution in [0.25, 0.3) is 11.0 Å². The van der Waals surface area contributed by atoms with Crippen LogP contribution in [-0.2, 0) is 13.0 Å². The highest BCUT2D eigenvalue weighted by molar-refractivity contribution is 6.30. The molecule has 1 N–H and O–H groups in total. The normalized spacial score (nSPS) is 28.2. The number of nitrogens with one attached hydrogen (secondary N) is 1. The number of piperidine rings is 1. The number of nitrogens with zero attached hydrogens (tertiary/aromatic N) is 5. The third kappa shape index (κ3) is 2.80. The number of fused-ring (bicyclic) bond motifs is 4. The zero-order valence-electron chi connectivity index (χ0n) is 17.5. The van der Waals surface area contributed by atoms with E-state index in [1.807, 2.05) is 12.3 Å². The van der Waals surface area contributed by atoms with E-state index in [0.29, 0.717) is 11.2 Å². The van der Waals surface area contributed by atoms with Crippen molar-refractivity contribution < 1.29 is 0 Å². The quantitative estimate of drug-likeness (QED) is 0.618. The number of H-pyrrole nitrogens is 1. The summed E-state index contributed by atoms with van der Waals surface area (Å²) in [7, 11) is 0. The van der Waals surface area contributed by atoms with Crippen molar-refractivity contribution in [2.75, 3.05) is 22.9 Å². The van der Waals surface area contributed by atoms with E-state index >= 15 is 0 Å². The van der Waals surface area contributed by atoms with Gasteiger partial charge in [0, 0.05) is 49.2 Å². The number of hydrogen-bond donors (Lipinski definition) is 1. The maximum Gasteiger partial charge on any atom is 0.141 e. The number of pyridine rings is 1. The van der Waals surface area contributed by atoms with Gasteiger partial charge in [-0.15, -0.1) is 0 Å². The fourth-order valence-electron chi connectivity index (χ4n) is 5.98. The second kappa shape index (κ2) is 6.84. The Morgan fingerprint density at radius 1 is 1.13 bits per heavy atom. The minimum atomic E-state index is 0.328. The summed E-state index contributed by atoms with van der Waals surface area (Å²) in [4.78, 5) is 22.1. The molecule has 3 aromatic heterocycles. The van der Waals surface area contributed by atoms with Gasteiger partial charge in [0.2, 0.25) is 0 Å². The van der Waals surface area contributed by atoms with Gasteiger partial charge in [0.1, 0.15) is 22.9 Å². The van der Waals surface area contributed by atoms with Gasteiger partial charge in [-0.25, -0.2) is 15.0 Å². The van der Waals surface area contributed by atoms with Crippen LogP contribution >= 0.6 is 11.6 Å². The largest absolute Gasteiger partial charge is 0.363 e. The number of hydrogen-bond acceptors (Lipinski definition) is 5. The van der Waals surface area contributed by atoms with E-state index < -0.39 is 0 Å². The minimum Gasteiger partial charge on any atom is -0.363 e. The summed E-state index contributed by atoms with van der Waals surface area (Å²) < 4.78 is 0. The topological polar surface area (TPSA) is 60.9 Å². The van der Waals surface area contributed by atoms with Crippen LogP contribution in [0.5, 0.6) is 0 Å². The Bertz CT molecular complexity index is 1100. The van der Waals surface area contributed by atoms with Gasteiger partial charge in [-0.2, -0.15) is 0 Å². The Labute approximate surface area is 181 Å². The highest BCUT2D eigenvalue weighted by Gasteiger charge is 2.41. The Hall–Kier alpha value is -2.34. The highest BCUT2D eigenvalue weighted by Crippen LogP contribution is 2.44. The van der Waals surface area contributed by atoms with Crippen molar-refractivity contribution in [1.29, 1.82) is 0 Å². The van der Waals surface area contributed by atoms with E-state index in [0.717, 1.165) is 66.3 Å². The average molecular weight is 423 g/mol. The number of aromatic nitrogens is 4. The van der Waals surface area contributed by atoms with Gasteiger partial charge in [0.25, 0.3) is 0 Å². The molecule has 0 spiro atoms. The first kappa shape index (κ1) is 18.4. The van der Waals surface area contributed by atoms with E-state index in [2.05, 4.69) is 44.7 Å². The molecule has 2 aliphatic heterocycles. The highest BCUT2D eigenvalue weighted by atomic mass is 35.5. The van der Waals surface area contributed by atoms with Crippen LogP contribution < -0.4 is 9.80 Å². The fourth-order valence-corrected chi connectivity index (χ4v) is 6.17. The molecule has 0 radical (unpaired) electrons. The van der Waals surface area contributed by atoms with Crippen molar-refractivity contribution in [1.82, 2.24) is 19.9 Å². The molecule has 0 aromatic carbocycles. The second-order valence-corrected chi connectivity index (χ2v) is 9.76. The van der Waals surface area contributed by atoms with E-state index in [9.17, 15) is 0 Å². The summed E-state index contributed by atoms with van der Waals surface area (Å²) in [5, 5.41) is 1.63. The number of aromatic amines is 1. The monoisotopic (exact) mass is 422 g/mol. The molecule has 1 saturated heterocycles. The molecule has 5 heterocycles. The minimum absolute atomic E-state index is 0.328. The van der Waals surface area contributed by atoms with Gasteiger partial charge in [0.15, 0.2) is 0 Å². The lowest BCUT2D eigenvalue weighted by Crippen LogP contribution is -2.44. The predicted octanol–water partition coefficient (Wildman–Crippen LogP) is 4.44. The molecule has 3 aromatic rings. The molecule has 6 nitrogen and oxygen atoms in total. The smallest absolute Gasteiger partial charge is 0.141 e. The van der Waals surface area contributed by atoms with Crippen LogP contribution in [0.2, 0.25) is 5.15 Å². The molecule has 156 valence electrons. The summed E-state index contributed by atoms with van der Waals surface area (Å²) in [5.74, 6) is 3.58. The van der Waals surface area contributed by atoms with Gasteiger partial charge in [-0.05, 0) is 49.7 Å². The molecule has 1 saturated carbocycles. The Morgan fingerprint density at radius 2 is 1.93 bits per heavy atom. The Morgan fingerprint density at radius 3 is 2.73 bits per heavy atom. The van der Waals surface area contributed by atoms with Gasteiger partial charge < -0.3 is 14.8 Å². The lowest BCUT2D eigenvalue weighted by molar-refractivity contribution is 0.294. The summed E-state index contributed by atoms with van der Waals surface area (Å²) in [6.07, 6.45) is 7.33. The molecule has 6 rings (SSSR count). The van der Waals surface area contributed by atoms with Crippen LogP contribution in [0, 0.1) is 17.8 Å². The molecule has 30 heavy (non-hydrogen) atoms. The van der Waals surface area contributed by atoms with E-state index in [1.165, 1.54) is 24.1 Å². The summed E-state index contributed by atoms with van der Waals surface area (Å²) >= 11 is 6.36. The zero-order valence-corrected chi connectivity index (χ0v) is 18.2. The van der Waals surface area contributed by atoms with Crippen LogP contribution in [-0.4, -0.2) is 39.1 Å². The predicted molar refractivity (Wildman–Crippen MR) is 120 cm³/mol. The standard InChI is InChI=1S/C23H27ClN6/c1-13-7-19-18(11-30(13)20-8-21(24)28-22-17(20)5-6-25-22)23(27-12-26-19)29-9-15-3-4-16(10-29)14(15)2/h5-6,8,12-16H,3-4,7,9-11H2,1-2H3,(H,25,28)/t13-,14?,15?,16?/m1/s1. The lowest BCUT2D eigenvalue weighted by Gasteiger charge is -2.41. The van der Waals surface area contributed by atoms with Crippen molar-refractivity contribution in [2.24, 2.45) is 17.8 Å². The summed E-state index contributed by atoms with van der Waals surface area (Å²) in [6, 6.07) is 4.41. The van der Waals surface area contributed by atoms with E-state index in [-0.39, 0.29) is 0 Å². The van der Waals surface area contributed by atoms with Crippen LogP contribution in [0.4, 0.5) is 11.5 Å². The Balaban J connectivity index is 1.39. The zero-order chi connectivity index (χ0) is 20.4. The molecule has 2 fully saturated rings. The first-order valence-corrected chi connectivity index (χ1v) is 11.4. The number of anilines is 2.